The van der Waals surface area contributed by atoms with E-state index in [-0.39, 0.29) is 18.2 Å². The molecule has 1 aromatic carbocycles. The van der Waals surface area contributed by atoms with E-state index >= 15 is 0 Å². The second-order valence-electron chi connectivity index (χ2n) is 4.60. The highest BCUT2D eigenvalue weighted by molar-refractivity contribution is 8.01. The van der Waals surface area contributed by atoms with Crippen molar-refractivity contribution in [3.05, 3.63) is 46.7 Å². The van der Waals surface area contributed by atoms with Crippen molar-refractivity contribution < 1.29 is 9.59 Å². The summed E-state index contributed by atoms with van der Waals surface area (Å²) in [5.74, 6) is -0.430. The van der Waals surface area contributed by atoms with E-state index < -0.39 is 5.25 Å². The summed E-state index contributed by atoms with van der Waals surface area (Å²) >= 11 is 2.94. The highest BCUT2D eigenvalue weighted by atomic mass is 32.2. The zero-order chi connectivity index (χ0) is 15.4. The van der Waals surface area contributed by atoms with Crippen molar-refractivity contribution in [3.8, 4) is 0 Å². The van der Waals surface area contributed by atoms with E-state index in [1.165, 1.54) is 23.1 Å². The third-order valence-corrected chi connectivity index (χ3v) is 5.08. The average Bonchev–Trinajstić information content (AvgIpc) is 3.01. The Labute approximate surface area is 135 Å². The summed E-state index contributed by atoms with van der Waals surface area (Å²) in [7, 11) is 0. The highest BCUT2D eigenvalue weighted by Crippen LogP contribution is 2.36. The molecule has 5 nitrogen and oxygen atoms in total. The number of nitrogens with zero attached hydrogens (tertiary/aromatic N) is 1. The molecule has 3 rings (SSSR count). The Morgan fingerprint density at radius 3 is 3.00 bits per heavy atom. The number of carbonyl (C=O) groups excluding carboxylic acids is 2. The van der Waals surface area contributed by atoms with Gasteiger partial charge in [-0.3, -0.25) is 9.59 Å². The smallest absolute Gasteiger partial charge is 0.241 e. The summed E-state index contributed by atoms with van der Waals surface area (Å²) in [6.45, 7) is 0. The first kappa shape index (κ1) is 14.8. The fourth-order valence-electron chi connectivity index (χ4n) is 1.97. The SMILES string of the molecule is O=C(CC1Sc2ccccc2NC1=O)NN=Cc1cccs1. The lowest BCUT2D eigenvalue weighted by atomic mass is 10.2. The molecule has 1 atom stereocenters. The maximum absolute atomic E-state index is 12.0. The Kier molecular flexibility index (Phi) is 4.55. The summed E-state index contributed by atoms with van der Waals surface area (Å²) in [5.41, 5.74) is 3.25. The first-order valence-electron chi connectivity index (χ1n) is 6.64. The quantitative estimate of drug-likeness (QED) is 0.668. The van der Waals surface area contributed by atoms with Crippen molar-refractivity contribution in [2.75, 3.05) is 5.32 Å². The number of thiophene rings is 1. The zero-order valence-electron chi connectivity index (χ0n) is 11.5. The molecule has 1 aliphatic rings. The van der Waals surface area contributed by atoms with Gasteiger partial charge in [0.2, 0.25) is 11.8 Å². The first-order valence-corrected chi connectivity index (χ1v) is 8.40. The predicted molar refractivity (Wildman–Crippen MR) is 89.4 cm³/mol. The number of hydrogen-bond donors (Lipinski definition) is 2. The summed E-state index contributed by atoms with van der Waals surface area (Å²) < 4.78 is 0. The van der Waals surface area contributed by atoms with Crippen LogP contribution in [0, 0.1) is 0 Å². The van der Waals surface area contributed by atoms with Crippen LogP contribution in [0.15, 0.2) is 51.8 Å². The normalized spacial score (nSPS) is 17.1. The van der Waals surface area contributed by atoms with Gasteiger partial charge in [-0.25, -0.2) is 5.43 Å². The van der Waals surface area contributed by atoms with Crippen LogP contribution in [-0.2, 0) is 9.59 Å². The number of thioether (sulfide) groups is 1. The molecule has 0 fully saturated rings. The maximum atomic E-state index is 12.0. The third kappa shape index (κ3) is 3.55. The minimum Gasteiger partial charge on any atom is -0.324 e. The van der Waals surface area contributed by atoms with Crippen LogP contribution in [-0.4, -0.2) is 23.3 Å². The van der Waals surface area contributed by atoms with Gasteiger partial charge in [-0.15, -0.1) is 23.1 Å². The van der Waals surface area contributed by atoms with E-state index in [9.17, 15) is 9.59 Å². The molecule has 0 saturated heterocycles. The topological polar surface area (TPSA) is 70.6 Å². The van der Waals surface area contributed by atoms with Crippen LogP contribution >= 0.6 is 23.1 Å². The lowest BCUT2D eigenvalue weighted by molar-refractivity contribution is -0.124. The first-order chi connectivity index (χ1) is 10.7. The molecule has 2 aromatic rings. The predicted octanol–water partition coefficient (Wildman–Crippen LogP) is 2.70. The fourth-order valence-corrected chi connectivity index (χ4v) is 3.67. The minimum atomic E-state index is -0.438. The molecule has 0 aliphatic carbocycles. The Morgan fingerprint density at radius 1 is 1.32 bits per heavy atom. The standard InChI is InChI=1S/C15H13N3O2S2/c19-14(18-16-9-10-4-3-7-21-10)8-13-15(20)17-11-5-1-2-6-12(11)22-13/h1-7,9,13H,8H2,(H,17,20)(H,18,19). The van der Waals surface area contributed by atoms with Crippen LogP contribution < -0.4 is 10.7 Å². The van der Waals surface area contributed by atoms with Gasteiger partial charge in [0.05, 0.1) is 17.2 Å². The van der Waals surface area contributed by atoms with E-state index in [1.807, 2.05) is 41.8 Å². The largest absolute Gasteiger partial charge is 0.324 e. The molecule has 0 bridgehead atoms. The number of carbonyl (C=O) groups is 2. The number of nitrogens with one attached hydrogen (secondary N) is 2. The molecule has 2 amide bonds. The Bertz CT molecular complexity index is 713. The summed E-state index contributed by atoms with van der Waals surface area (Å²) in [5, 5.41) is 8.21. The van der Waals surface area contributed by atoms with Crippen LogP contribution in [0.5, 0.6) is 0 Å². The number of anilines is 1. The van der Waals surface area contributed by atoms with Crippen molar-refractivity contribution in [3.63, 3.8) is 0 Å². The number of para-hydroxylation sites is 1. The molecule has 112 valence electrons. The second-order valence-corrected chi connectivity index (χ2v) is 6.83. The van der Waals surface area contributed by atoms with Gasteiger partial charge in [0.15, 0.2) is 0 Å². The monoisotopic (exact) mass is 331 g/mol. The molecular formula is C15H13N3O2S2. The van der Waals surface area contributed by atoms with Gasteiger partial charge >= 0.3 is 0 Å². The number of rotatable bonds is 4. The zero-order valence-corrected chi connectivity index (χ0v) is 13.1. The number of hydrazone groups is 1. The van der Waals surface area contributed by atoms with Gasteiger partial charge in [0.25, 0.3) is 0 Å². The molecule has 0 spiro atoms. The van der Waals surface area contributed by atoms with Crippen LogP contribution in [0.3, 0.4) is 0 Å². The van der Waals surface area contributed by atoms with Gasteiger partial charge in [0, 0.05) is 16.2 Å². The summed E-state index contributed by atoms with van der Waals surface area (Å²) in [4.78, 5) is 25.8. The molecule has 1 aliphatic heterocycles. The van der Waals surface area contributed by atoms with Gasteiger partial charge in [-0.05, 0) is 23.6 Å². The van der Waals surface area contributed by atoms with Gasteiger partial charge in [-0.1, -0.05) is 18.2 Å². The van der Waals surface area contributed by atoms with Crippen molar-refractivity contribution in [2.24, 2.45) is 5.10 Å². The van der Waals surface area contributed by atoms with Crippen molar-refractivity contribution >= 4 is 46.8 Å². The number of amides is 2. The molecule has 2 N–H and O–H groups in total. The van der Waals surface area contributed by atoms with Crippen LogP contribution in [0.2, 0.25) is 0 Å². The molecule has 0 radical (unpaired) electrons. The van der Waals surface area contributed by atoms with E-state index in [1.54, 1.807) is 6.21 Å². The number of fused-ring (bicyclic) bond motifs is 1. The van der Waals surface area contributed by atoms with Crippen molar-refractivity contribution in [1.82, 2.24) is 5.43 Å². The van der Waals surface area contributed by atoms with E-state index in [2.05, 4.69) is 15.8 Å². The summed E-state index contributed by atoms with van der Waals surface area (Å²) in [6.07, 6.45) is 1.68. The van der Waals surface area contributed by atoms with E-state index in [0.29, 0.717) is 0 Å². The maximum Gasteiger partial charge on any atom is 0.241 e. The lowest BCUT2D eigenvalue weighted by Gasteiger charge is -2.23. The van der Waals surface area contributed by atoms with Crippen LogP contribution in [0.25, 0.3) is 0 Å². The summed E-state index contributed by atoms with van der Waals surface area (Å²) in [6, 6.07) is 11.4. The van der Waals surface area contributed by atoms with Crippen molar-refractivity contribution in [2.45, 2.75) is 16.6 Å². The van der Waals surface area contributed by atoms with Crippen LogP contribution in [0.4, 0.5) is 5.69 Å². The fraction of sp³-hybridized carbons (Fsp3) is 0.133. The molecule has 22 heavy (non-hydrogen) atoms. The van der Waals surface area contributed by atoms with E-state index in [4.69, 9.17) is 0 Å². The Hall–Kier alpha value is -2.12. The Balaban J connectivity index is 1.57. The molecule has 7 heteroatoms. The van der Waals surface area contributed by atoms with Gasteiger partial charge < -0.3 is 5.32 Å². The molecule has 0 saturated carbocycles. The van der Waals surface area contributed by atoms with Gasteiger partial charge in [-0.2, -0.15) is 5.10 Å². The number of hydrogen-bond acceptors (Lipinski definition) is 5. The molecular weight excluding hydrogens is 318 g/mol. The number of benzene rings is 1. The average molecular weight is 331 g/mol. The Morgan fingerprint density at radius 2 is 2.18 bits per heavy atom. The molecule has 1 aromatic heterocycles. The molecule has 2 heterocycles. The van der Waals surface area contributed by atoms with E-state index in [0.717, 1.165) is 15.5 Å². The highest BCUT2D eigenvalue weighted by Gasteiger charge is 2.28. The van der Waals surface area contributed by atoms with Gasteiger partial charge in [0.1, 0.15) is 0 Å². The minimum absolute atomic E-state index is 0.0899. The molecule has 1 unspecified atom stereocenters. The lowest BCUT2D eigenvalue weighted by Crippen LogP contribution is -2.33. The van der Waals surface area contributed by atoms with Crippen LogP contribution in [0.1, 0.15) is 11.3 Å². The second kappa shape index (κ2) is 6.76. The van der Waals surface area contributed by atoms with Crippen molar-refractivity contribution in [1.29, 1.82) is 0 Å². The third-order valence-electron chi connectivity index (χ3n) is 3.00.